The fourth-order valence-corrected chi connectivity index (χ4v) is 1.67. The molecule has 6 nitrogen and oxygen atoms in total. The smallest absolute Gasteiger partial charge is 0.361 e. The number of pyridine rings is 1. The highest BCUT2D eigenvalue weighted by Gasteiger charge is 2.23. The van der Waals surface area contributed by atoms with Gasteiger partial charge in [-0.3, -0.25) is 4.98 Å². The Morgan fingerprint density at radius 1 is 1.35 bits per heavy atom. The Bertz CT molecular complexity index is 599. The Labute approximate surface area is 117 Å². The van der Waals surface area contributed by atoms with E-state index in [0.717, 1.165) is 5.69 Å². The van der Waals surface area contributed by atoms with Crippen molar-refractivity contribution in [3.63, 3.8) is 0 Å². The number of rotatable bonds is 3. The Morgan fingerprint density at radius 2 is 2.10 bits per heavy atom. The molecule has 0 saturated heterocycles. The summed E-state index contributed by atoms with van der Waals surface area (Å²) in [7, 11) is 0. The van der Waals surface area contributed by atoms with Crippen molar-refractivity contribution in [2.75, 3.05) is 0 Å². The largest absolute Gasteiger partial charge is 0.455 e. The standard InChI is InChI=1S/C14H18N4O2/c1-10-12(13(19)20-14(2,3)4)16-17-18(10)9-11-7-5-6-8-15-11/h5-8H,9H2,1-4H3. The molecule has 0 aromatic carbocycles. The molecule has 0 radical (unpaired) electrons. The summed E-state index contributed by atoms with van der Waals surface area (Å²) in [5.74, 6) is -0.456. The molecule has 2 heterocycles. The molecule has 0 spiro atoms. The van der Waals surface area contributed by atoms with E-state index in [4.69, 9.17) is 4.74 Å². The van der Waals surface area contributed by atoms with Gasteiger partial charge in [0.15, 0.2) is 5.69 Å². The fourth-order valence-electron chi connectivity index (χ4n) is 1.67. The molecule has 0 aliphatic carbocycles. The van der Waals surface area contributed by atoms with Crippen molar-refractivity contribution in [3.05, 3.63) is 41.5 Å². The van der Waals surface area contributed by atoms with Gasteiger partial charge in [-0.25, -0.2) is 9.48 Å². The molecule has 0 bridgehead atoms. The highest BCUT2D eigenvalue weighted by molar-refractivity contribution is 5.88. The maximum Gasteiger partial charge on any atom is 0.361 e. The number of aromatic nitrogens is 4. The number of ether oxygens (including phenoxy) is 1. The maximum atomic E-state index is 12.0. The van der Waals surface area contributed by atoms with E-state index < -0.39 is 11.6 Å². The first-order valence-electron chi connectivity index (χ1n) is 6.40. The quantitative estimate of drug-likeness (QED) is 0.800. The van der Waals surface area contributed by atoms with E-state index in [1.807, 2.05) is 39.0 Å². The van der Waals surface area contributed by atoms with Gasteiger partial charge in [0.2, 0.25) is 0 Å². The molecule has 0 N–H and O–H groups in total. The molecule has 0 atom stereocenters. The lowest BCUT2D eigenvalue weighted by Crippen LogP contribution is -2.24. The summed E-state index contributed by atoms with van der Waals surface area (Å²) in [4.78, 5) is 16.2. The number of nitrogens with zero attached hydrogens (tertiary/aromatic N) is 4. The van der Waals surface area contributed by atoms with Crippen molar-refractivity contribution in [1.82, 2.24) is 20.0 Å². The Morgan fingerprint density at radius 3 is 2.70 bits per heavy atom. The van der Waals surface area contributed by atoms with Crippen molar-refractivity contribution in [2.45, 2.75) is 39.8 Å². The van der Waals surface area contributed by atoms with Gasteiger partial charge >= 0.3 is 5.97 Å². The number of hydrogen-bond acceptors (Lipinski definition) is 5. The molecule has 2 aromatic heterocycles. The molecule has 0 unspecified atom stereocenters. The van der Waals surface area contributed by atoms with E-state index in [1.54, 1.807) is 17.8 Å². The molecule has 0 aliphatic rings. The molecule has 0 amide bonds. The van der Waals surface area contributed by atoms with E-state index in [0.29, 0.717) is 12.2 Å². The van der Waals surface area contributed by atoms with Crippen LogP contribution in [0.1, 0.15) is 42.6 Å². The molecular weight excluding hydrogens is 256 g/mol. The Balaban J connectivity index is 2.17. The van der Waals surface area contributed by atoms with Crippen molar-refractivity contribution >= 4 is 5.97 Å². The van der Waals surface area contributed by atoms with Crippen LogP contribution in [0.25, 0.3) is 0 Å². The van der Waals surface area contributed by atoms with Crippen LogP contribution in [-0.4, -0.2) is 31.5 Å². The van der Waals surface area contributed by atoms with Gasteiger partial charge in [-0.2, -0.15) is 0 Å². The summed E-state index contributed by atoms with van der Waals surface area (Å²) in [6.07, 6.45) is 1.72. The second kappa shape index (κ2) is 5.40. The summed E-state index contributed by atoms with van der Waals surface area (Å²) in [6, 6.07) is 5.65. The average Bonchev–Trinajstić information content (AvgIpc) is 2.70. The highest BCUT2D eigenvalue weighted by Crippen LogP contribution is 2.13. The summed E-state index contributed by atoms with van der Waals surface area (Å²) in [5.41, 5.74) is 1.23. The van der Waals surface area contributed by atoms with E-state index in [2.05, 4.69) is 15.3 Å². The molecule has 0 aliphatic heterocycles. The van der Waals surface area contributed by atoms with Crippen LogP contribution in [0, 0.1) is 6.92 Å². The molecule has 6 heteroatoms. The topological polar surface area (TPSA) is 69.9 Å². The van der Waals surface area contributed by atoms with Gasteiger partial charge in [0, 0.05) is 6.20 Å². The lowest BCUT2D eigenvalue weighted by atomic mass is 10.2. The highest BCUT2D eigenvalue weighted by atomic mass is 16.6. The summed E-state index contributed by atoms with van der Waals surface area (Å²) >= 11 is 0. The van der Waals surface area contributed by atoms with Crippen molar-refractivity contribution in [3.8, 4) is 0 Å². The molecule has 2 aromatic rings. The summed E-state index contributed by atoms with van der Waals surface area (Å²) in [6.45, 7) is 7.72. The predicted molar refractivity (Wildman–Crippen MR) is 73.3 cm³/mol. The molecule has 0 fully saturated rings. The van der Waals surface area contributed by atoms with Crippen LogP contribution in [0.2, 0.25) is 0 Å². The van der Waals surface area contributed by atoms with Crippen LogP contribution in [0.3, 0.4) is 0 Å². The van der Waals surface area contributed by atoms with Crippen LogP contribution in [0.5, 0.6) is 0 Å². The van der Waals surface area contributed by atoms with E-state index in [-0.39, 0.29) is 5.69 Å². The minimum atomic E-state index is -0.547. The number of carbonyl (C=O) groups is 1. The molecule has 2 rings (SSSR count). The first-order valence-corrected chi connectivity index (χ1v) is 6.40. The zero-order valence-electron chi connectivity index (χ0n) is 12.1. The zero-order chi connectivity index (χ0) is 14.8. The van der Waals surface area contributed by atoms with Crippen LogP contribution < -0.4 is 0 Å². The van der Waals surface area contributed by atoms with E-state index >= 15 is 0 Å². The van der Waals surface area contributed by atoms with Crippen LogP contribution in [0.15, 0.2) is 24.4 Å². The first-order chi connectivity index (χ1) is 9.37. The van der Waals surface area contributed by atoms with Crippen molar-refractivity contribution < 1.29 is 9.53 Å². The van der Waals surface area contributed by atoms with Gasteiger partial charge in [-0.05, 0) is 39.8 Å². The van der Waals surface area contributed by atoms with Crippen molar-refractivity contribution in [1.29, 1.82) is 0 Å². The second-order valence-electron chi connectivity index (χ2n) is 5.50. The predicted octanol–water partition coefficient (Wildman–Crippen LogP) is 1.99. The third kappa shape index (κ3) is 3.40. The Kier molecular flexibility index (Phi) is 3.83. The summed E-state index contributed by atoms with van der Waals surface area (Å²) < 4.78 is 6.94. The Hall–Kier alpha value is -2.24. The molecular formula is C14H18N4O2. The van der Waals surface area contributed by atoms with E-state index in [9.17, 15) is 4.79 Å². The molecule has 106 valence electrons. The van der Waals surface area contributed by atoms with Gasteiger partial charge in [0.1, 0.15) is 5.60 Å². The minimum absolute atomic E-state index is 0.246. The zero-order valence-corrected chi connectivity index (χ0v) is 12.1. The van der Waals surface area contributed by atoms with Gasteiger partial charge in [-0.1, -0.05) is 11.3 Å². The minimum Gasteiger partial charge on any atom is -0.455 e. The molecule has 0 saturated carbocycles. The third-order valence-corrected chi connectivity index (χ3v) is 2.61. The average molecular weight is 274 g/mol. The molecule has 20 heavy (non-hydrogen) atoms. The van der Waals surface area contributed by atoms with Crippen LogP contribution in [-0.2, 0) is 11.3 Å². The number of carbonyl (C=O) groups excluding carboxylic acids is 1. The van der Waals surface area contributed by atoms with Crippen LogP contribution in [0.4, 0.5) is 0 Å². The number of hydrogen-bond donors (Lipinski definition) is 0. The number of esters is 1. The lowest BCUT2D eigenvalue weighted by Gasteiger charge is -2.18. The van der Waals surface area contributed by atoms with Gasteiger partial charge in [0.05, 0.1) is 17.9 Å². The first kappa shape index (κ1) is 14.2. The maximum absolute atomic E-state index is 12.0. The lowest BCUT2D eigenvalue weighted by molar-refractivity contribution is 0.00619. The summed E-state index contributed by atoms with van der Waals surface area (Å²) in [5, 5.41) is 7.89. The SMILES string of the molecule is Cc1c(C(=O)OC(C)(C)C)nnn1Cc1ccccn1. The fraction of sp³-hybridized carbons (Fsp3) is 0.429. The van der Waals surface area contributed by atoms with E-state index in [1.165, 1.54) is 0 Å². The van der Waals surface area contributed by atoms with Gasteiger partial charge in [0.25, 0.3) is 0 Å². The normalized spacial score (nSPS) is 11.4. The van der Waals surface area contributed by atoms with Gasteiger partial charge < -0.3 is 4.74 Å². The third-order valence-electron chi connectivity index (χ3n) is 2.61. The second-order valence-corrected chi connectivity index (χ2v) is 5.50. The van der Waals surface area contributed by atoms with Crippen LogP contribution >= 0.6 is 0 Å². The van der Waals surface area contributed by atoms with Crippen molar-refractivity contribution in [2.24, 2.45) is 0 Å². The van der Waals surface area contributed by atoms with Gasteiger partial charge in [-0.15, -0.1) is 5.10 Å². The monoisotopic (exact) mass is 274 g/mol.